The van der Waals surface area contributed by atoms with Gasteiger partial charge in [-0.3, -0.25) is 0 Å². The maximum absolute atomic E-state index is 14.1. The molecule has 0 N–H and O–H groups in total. The van der Waals surface area contributed by atoms with E-state index in [0.717, 1.165) is 0 Å². The lowest BCUT2D eigenvalue weighted by atomic mass is 9.71. The maximum atomic E-state index is 14.1. The van der Waals surface area contributed by atoms with Gasteiger partial charge in [-0.25, -0.2) is 17.6 Å². The minimum Gasteiger partial charge on any atom is -0.239 e. The Morgan fingerprint density at radius 2 is 1.28 bits per heavy atom. The summed E-state index contributed by atoms with van der Waals surface area (Å²) in [5.74, 6) is -5.01. The van der Waals surface area contributed by atoms with Crippen LogP contribution in [0.3, 0.4) is 0 Å². The molecular weight excluding hydrogens is 244 g/mol. The van der Waals surface area contributed by atoms with Crippen LogP contribution in [0.1, 0.15) is 41.5 Å². The highest BCUT2D eigenvalue weighted by atomic mass is 19.2. The molecule has 0 saturated heterocycles. The molecule has 0 saturated carbocycles. The fraction of sp³-hybridized carbons (Fsp3) is 0.714. The van der Waals surface area contributed by atoms with Gasteiger partial charge >= 0.3 is 0 Å². The van der Waals surface area contributed by atoms with Crippen LogP contribution in [0.5, 0.6) is 0 Å². The first kappa shape index (κ1) is 15.3. The fourth-order valence-electron chi connectivity index (χ4n) is 2.28. The molecule has 2 unspecified atom stereocenters. The van der Waals surface area contributed by atoms with Gasteiger partial charge in [0.1, 0.15) is 11.7 Å². The molecule has 0 heterocycles. The molecule has 0 aromatic carbocycles. The molecule has 0 fully saturated rings. The van der Waals surface area contributed by atoms with Crippen molar-refractivity contribution >= 4 is 0 Å². The van der Waals surface area contributed by atoms with E-state index in [9.17, 15) is 17.6 Å². The third kappa shape index (κ3) is 2.47. The van der Waals surface area contributed by atoms with Gasteiger partial charge in [-0.2, -0.15) is 0 Å². The van der Waals surface area contributed by atoms with E-state index in [2.05, 4.69) is 0 Å². The predicted octanol–water partition coefficient (Wildman–Crippen LogP) is 5.42. The molecule has 0 nitrogen and oxygen atoms in total. The molecule has 0 aromatic rings. The van der Waals surface area contributed by atoms with Crippen LogP contribution in [0.4, 0.5) is 17.6 Å². The minimum absolute atomic E-state index is 0.493. The second kappa shape index (κ2) is 4.39. The molecular formula is C14H20F4. The fourth-order valence-corrected chi connectivity index (χ4v) is 2.28. The summed E-state index contributed by atoms with van der Waals surface area (Å²) in [6.07, 6.45) is -2.13. The Bertz CT molecular complexity index is 404. The van der Waals surface area contributed by atoms with Gasteiger partial charge in [0.05, 0.1) is 5.92 Å². The van der Waals surface area contributed by atoms with E-state index < -0.39 is 46.0 Å². The quantitative estimate of drug-likeness (QED) is 0.512. The Kier molecular flexibility index (Phi) is 3.72. The van der Waals surface area contributed by atoms with E-state index >= 15 is 0 Å². The molecule has 0 aromatic heterocycles. The molecule has 18 heavy (non-hydrogen) atoms. The summed E-state index contributed by atoms with van der Waals surface area (Å²) in [7, 11) is 0. The zero-order chi connectivity index (χ0) is 14.5. The van der Waals surface area contributed by atoms with Crippen molar-refractivity contribution in [1.29, 1.82) is 0 Å². The maximum Gasteiger partial charge on any atom is 0.161 e. The second-order valence-electron chi connectivity index (χ2n) is 6.88. The van der Waals surface area contributed by atoms with Crippen LogP contribution < -0.4 is 0 Å². The Hall–Kier alpha value is -0.800. The van der Waals surface area contributed by atoms with Gasteiger partial charge in [0.25, 0.3) is 0 Å². The van der Waals surface area contributed by atoms with Crippen molar-refractivity contribution < 1.29 is 17.6 Å². The van der Waals surface area contributed by atoms with Crippen LogP contribution in [0.25, 0.3) is 0 Å². The molecule has 1 aliphatic carbocycles. The summed E-state index contributed by atoms with van der Waals surface area (Å²) in [5, 5.41) is 0. The molecule has 4 heteroatoms. The topological polar surface area (TPSA) is 0 Å². The van der Waals surface area contributed by atoms with Gasteiger partial charge in [0, 0.05) is 5.57 Å². The monoisotopic (exact) mass is 264 g/mol. The molecule has 0 amide bonds. The normalized spacial score (nSPS) is 27.0. The summed E-state index contributed by atoms with van der Waals surface area (Å²) in [6.45, 7) is 9.27. The highest BCUT2D eigenvalue weighted by Crippen LogP contribution is 2.50. The molecule has 1 rings (SSSR count). The van der Waals surface area contributed by atoms with Gasteiger partial charge in [-0.15, -0.1) is 0 Å². The smallest absolute Gasteiger partial charge is 0.161 e. The van der Waals surface area contributed by atoms with Crippen LogP contribution in [0, 0.1) is 16.7 Å². The van der Waals surface area contributed by atoms with Crippen molar-refractivity contribution in [3.63, 3.8) is 0 Å². The first-order valence-electron chi connectivity index (χ1n) is 5.98. The van der Waals surface area contributed by atoms with Crippen molar-refractivity contribution in [2.24, 2.45) is 16.7 Å². The third-order valence-corrected chi connectivity index (χ3v) is 3.16. The molecule has 0 spiro atoms. The van der Waals surface area contributed by atoms with Gasteiger partial charge in [0.2, 0.25) is 0 Å². The highest BCUT2D eigenvalue weighted by molar-refractivity contribution is 5.42. The highest BCUT2D eigenvalue weighted by Gasteiger charge is 2.47. The summed E-state index contributed by atoms with van der Waals surface area (Å²) >= 11 is 0. The lowest BCUT2D eigenvalue weighted by Gasteiger charge is -2.37. The standard InChI is InChI=1S/C14H20F4/c1-13(2,3)7-9(15)11(17)8(14(4,5)6)12(18)10(7)16/h7,9H,1-6H3. The predicted molar refractivity (Wildman–Crippen MR) is 64.7 cm³/mol. The summed E-state index contributed by atoms with van der Waals surface area (Å²) in [6, 6.07) is 0. The van der Waals surface area contributed by atoms with Crippen molar-refractivity contribution in [2.75, 3.05) is 0 Å². The van der Waals surface area contributed by atoms with E-state index in [1.165, 1.54) is 20.8 Å². The third-order valence-electron chi connectivity index (χ3n) is 3.16. The number of hydrogen-bond donors (Lipinski definition) is 0. The van der Waals surface area contributed by atoms with Gasteiger partial charge in [-0.05, 0) is 10.8 Å². The van der Waals surface area contributed by atoms with Gasteiger partial charge < -0.3 is 0 Å². The second-order valence-corrected chi connectivity index (χ2v) is 6.88. The van der Waals surface area contributed by atoms with Crippen LogP contribution in [0.2, 0.25) is 0 Å². The van der Waals surface area contributed by atoms with Crippen LogP contribution >= 0.6 is 0 Å². The average Bonchev–Trinajstić information content (AvgIpc) is 2.10. The number of alkyl halides is 1. The van der Waals surface area contributed by atoms with Gasteiger partial charge in [-0.1, -0.05) is 41.5 Å². The summed E-state index contributed by atoms with van der Waals surface area (Å²) < 4.78 is 56.1. The number of hydrogen-bond acceptors (Lipinski definition) is 0. The Morgan fingerprint density at radius 1 is 0.833 bits per heavy atom. The largest absolute Gasteiger partial charge is 0.239 e. The van der Waals surface area contributed by atoms with Crippen molar-refractivity contribution in [2.45, 2.75) is 47.7 Å². The van der Waals surface area contributed by atoms with E-state index in [-0.39, 0.29) is 0 Å². The van der Waals surface area contributed by atoms with Crippen LogP contribution in [-0.4, -0.2) is 6.17 Å². The minimum atomic E-state index is -2.13. The molecule has 1 aliphatic rings. The number of allylic oxidation sites excluding steroid dienone is 4. The van der Waals surface area contributed by atoms with E-state index in [4.69, 9.17) is 0 Å². The van der Waals surface area contributed by atoms with Crippen molar-refractivity contribution in [1.82, 2.24) is 0 Å². The molecule has 104 valence electrons. The van der Waals surface area contributed by atoms with E-state index in [1.54, 1.807) is 20.8 Å². The number of halogens is 4. The molecule has 0 aliphatic heterocycles. The number of rotatable bonds is 0. The summed E-state index contributed by atoms with van der Waals surface area (Å²) in [5.41, 5.74) is -2.35. The molecule has 0 radical (unpaired) electrons. The molecule has 2 atom stereocenters. The first-order chi connectivity index (χ1) is 7.89. The zero-order valence-electron chi connectivity index (χ0n) is 11.7. The SMILES string of the molecule is CC(C)(C)C1=C(F)C(F)C(C(C)(C)C)C(F)=C1F. The van der Waals surface area contributed by atoms with Crippen molar-refractivity contribution in [3.05, 3.63) is 23.1 Å². The van der Waals surface area contributed by atoms with E-state index in [1.807, 2.05) is 0 Å². The Labute approximate surface area is 106 Å². The van der Waals surface area contributed by atoms with Crippen LogP contribution in [-0.2, 0) is 0 Å². The average molecular weight is 264 g/mol. The van der Waals surface area contributed by atoms with Crippen LogP contribution in [0.15, 0.2) is 23.1 Å². The first-order valence-corrected chi connectivity index (χ1v) is 5.98. The Balaban J connectivity index is 3.44. The van der Waals surface area contributed by atoms with Crippen molar-refractivity contribution in [3.8, 4) is 0 Å². The van der Waals surface area contributed by atoms with E-state index in [0.29, 0.717) is 0 Å². The summed E-state index contributed by atoms with van der Waals surface area (Å²) in [4.78, 5) is 0. The molecule has 0 bridgehead atoms. The van der Waals surface area contributed by atoms with Gasteiger partial charge in [0.15, 0.2) is 12.0 Å². The lowest BCUT2D eigenvalue weighted by Crippen LogP contribution is -2.35. The zero-order valence-corrected chi connectivity index (χ0v) is 11.7. The lowest BCUT2D eigenvalue weighted by molar-refractivity contribution is 0.115. The Morgan fingerprint density at radius 3 is 1.61 bits per heavy atom.